The first-order chi connectivity index (χ1) is 22.9. The second-order valence-corrected chi connectivity index (χ2v) is 16.4. The van der Waals surface area contributed by atoms with E-state index in [2.05, 4.69) is 90.5 Å². The number of carboxylic acid groups (broad SMARTS) is 1. The summed E-state index contributed by atoms with van der Waals surface area (Å²) in [5.74, 6) is -0.779. The summed E-state index contributed by atoms with van der Waals surface area (Å²) in [5, 5.41) is 26.7. The molecule has 0 saturated heterocycles. The Morgan fingerprint density at radius 1 is 0.580 bits per heavy atom. The minimum absolute atomic E-state index is 0.0132. The zero-order valence-corrected chi connectivity index (χ0v) is 32.5. The van der Waals surface area contributed by atoms with E-state index in [1.54, 1.807) is 19.2 Å². The molecule has 0 atom stereocenters. The fourth-order valence-electron chi connectivity index (χ4n) is 4.56. The van der Waals surface area contributed by atoms with Gasteiger partial charge in [-0.2, -0.15) is 0 Å². The number of carboxylic acids is 1. The minimum atomic E-state index is -0.909. The Balaban J connectivity index is 0.000000334. The number of carbonyl (C=O) groups is 2. The fraction of sp³-hybridized carbons (Fsp3) is 0.442. The molecule has 7 heteroatoms. The number of aliphatic hydroxyl groups excluding tert-OH is 2. The molecule has 0 aliphatic carbocycles. The first-order valence-electron chi connectivity index (χ1n) is 17.0. The maximum atomic E-state index is 11.1. The van der Waals surface area contributed by atoms with Gasteiger partial charge in [0.15, 0.2) is 5.78 Å². The molecule has 0 radical (unpaired) electrons. The molecule has 50 heavy (non-hydrogen) atoms. The highest BCUT2D eigenvalue weighted by Crippen LogP contribution is 2.25. The average Bonchev–Trinajstić information content (AvgIpc) is 3.04. The van der Waals surface area contributed by atoms with Crippen molar-refractivity contribution in [2.45, 2.75) is 125 Å². The molecule has 2 aromatic carbocycles. The molecule has 0 fully saturated rings. The van der Waals surface area contributed by atoms with Gasteiger partial charge in [-0.1, -0.05) is 132 Å². The molecule has 0 unspecified atom stereocenters. The normalized spacial score (nSPS) is 11.5. The van der Waals surface area contributed by atoms with Gasteiger partial charge in [0.2, 0.25) is 0 Å². The zero-order valence-electron chi connectivity index (χ0n) is 32.5. The minimum Gasteiger partial charge on any atom is -0.478 e. The van der Waals surface area contributed by atoms with Crippen LogP contribution in [0.5, 0.6) is 0 Å². The summed E-state index contributed by atoms with van der Waals surface area (Å²) < 4.78 is 0. The summed E-state index contributed by atoms with van der Waals surface area (Å²) in [6.07, 6.45) is 3.30. The summed E-state index contributed by atoms with van der Waals surface area (Å²) in [7, 11) is 0. The van der Waals surface area contributed by atoms with E-state index >= 15 is 0 Å². The van der Waals surface area contributed by atoms with E-state index in [0.29, 0.717) is 5.56 Å². The van der Waals surface area contributed by atoms with Gasteiger partial charge in [0.25, 0.3) is 0 Å². The second-order valence-electron chi connectivity index (χ2n) is 16.4. The van der Waals surface area contributed by atoms with Crippen LogP contribution in [0.2, 0.25) is 0 Å². The SMILES string of the molecule is CC(=O)c1cccc(C(C)(C)C)c1.CC(C)(C)c1cc(C(=O)O)ccn1.CC(C)(C)c1cccc(CO)c1.CC(C)(C)c1ncccc1CO. The van der Waals surface area contributed by atoms with E-state index in [9.17, 15) is 9.59 Å². The molecule has 0 saturated carbocycles. The Bertz CT molecular complexity index is 1600. The van der Waals surface area contributed by atoms with Crippen LogP contribution in [-0.4, -0.2) is 37.0 Å². The number of carbonyl (C=O) groups excluding carboxylic acids is 1. The van der Waals surface area contributed by atoms with Gasteiger partial charge in [-0.3, -0.25) is 14.8 Å². The summed E-state index contributed by atoms with van der Waals surface area (Å²) in [6, 6.07) is 22.8. The van der Waals surface area contributed by atoms with Crippen molar-refractivity contribution in [1.29, 1.82) is 0 Å². The van der Waals surface area contributed by atoms with E-state index in [-0.39, 0.29) is 40.7 Å². The van der Waals surface area contributed by atoms with Gasteiger partial charge in [0, 0.05) is 34.5 Å². The van der Waals surface area contributed by atoms with Crippen LogP contribution in [0.3, 0.4) is 0 Å². The summed E-state index contributed by atoms with van der Waals surface area (Å²) >= 11 is 0. The number of aromatic carboxylic acids is 1. The molecule has 0 bridgehead atoms. The van der Waals surface area contributed by atoms with Crippen molar-refractivity contribution in [2.75, 3.05) is 0 Å². The standard InChI is InChI=1S/C12H16O.C11H16O.C10H13NO2.C10H15NO/c1-9(13)10-6-5-7-11(8-10)12(2,3)4;1-11(2,3)10-6-4-5-9(7-10)8-12;1-10(2,3)8-6-7(9(12)13)4-5-11-8;1-10(2,3)9-8(7-12)5-4-6-11-9/h5-8H,1-4H3;4-7,12H,8H2,1-3H3;4-6H,1-3H3,(H,12,13);4-6,12H,7H2,1-3H3. The van der Waals surface area contributed by atoms with Crippen LogP contribution in [0.25, 0.3) is 0 Å². The van der Waals surface area contributed by atoms with Crippen LogP contribution in [0.15, 0.2) is 85.2 Å². The topological polar surface area (TPSA) is 121 Å². The molecule has 0 amide bonds. The van der Waals surface area contributed by atoms with E-state index in [0.717, 1.165) is 28.1 Å². The van der Waals surface area contributed by atoms with Crippen LogP contribution in [0, 0.1) is 0 Å². The summed E-state index contributed by atoms with van der Waals surface area (Å²) in [4.78, 5) is 30.2. The molecular weight excluding hydrogens is 624 g/mol. The van der Waals surface area contributed by atoms with E-state index in [1.165, 1.54) is 23.4 Å². The molecule has 3 N–H and O–H groups in total. The van der Waals surface area contributed by atoms with Crippen molar-refractivity contribution in [1.82, 2.24) is 9.97 Å². The maximum absolute atomic E-state index is 11.1. The van der Waals surface area contributed by atoms with E-state index < -0.39 is 5.97 Å². The second kappa shape index (κ2) is 18.7. The Labute approximate surface area is 300 Å². The number of hydrogen-bond acceptors (Lipinski definition) is 6. The highest BCUT2D eigenvalue weighted by atomic mass is 16.4. The van der Waals surface area contributed by atoms with Gasteiger partial charge in [-0.05, 0) is 64.3 Å². The molecule has 0 spiro atoms. The number of aromatic nitrogens is 2. The molecule has 4 aromatic rings. The lowest BCUT2D eigenvalue weighted by molar-refractivity contribution is 0.0696. The van der Waals surface area contributed by atoms with Gasteiger partial charge in [-0.15, -0.1) is 0 Å². The van der Waals surface area contributed by atoms with Crippen LogP contribution >= 0.6 is 0 Å². The number of hydrogen-bond donors (Lipinski definition) is 3. The van der Waals surface area contributed by atoms with E-state index in [4.69, 9.17) is 15.3 Å². The van der Waals surface area contributed by atoms with Gasteiger partial charge in [-0.25, -0.2) is 4.79 Å². The zero-order chi connectivity index (χ0) is 38.5. The van der Waals surface area contributed by atoms with Gasteiger partial charge in [0.05, 0.1) is 24.5 Å². The summed E-state index contributed by atoms with van der Waals surface area (Å²) in [6.45, 7) is 27.0. The lowest BCUT2D eigenvalue weighted by Crippen LogP contribution is -2.16. The number of ketones is 1. The molecule has 0 aliphatic rings. The average molecular weight is 685 g/mol. The first-order valence-corrected chi connectivity index (χ1v) is 17.0. The number of aliphatic hydroxyl groups is 2. The largest absolute Gasteiger partial charge is 0.478 e. The van der Waals surface area contributed by atoms with E-state index in [1.807, 2.05) is 63.2 Å². The molecule has 7 nitrogen and oxygen atoms in total. The number of Topliss-reactive ketones (excluding diaryl/α,β-unsaturated/α-hetero) is 1. The Morgan fingerprint density at radius 2 is 1.14 bits per heavy atom. The number of nitrogens with zero attached hydrogens (tertiary/aromatic N) is 2. The van der Waals surface area contributed by atoms with Crippen molar-refractivity contribution < 1.29 is 24.9 Å². The monoisotopic (exact) mass is 684 g/mol. The van der Waals surface area contributed by atoms with Crippen molar-refractivity contribution in [2.24, 2.45) is 0 Å². The predicted octanol–water partition coefficient (Wildman–Crippen LogP) is 9.61. The molecular formula is C43H60N2O5. The van der Waals surface area contributed by atoms with Crippen molar-refractivity contribution in [3.8, 4) is 0 Å². The highest BCUT2D eigenvalue weighted by molar-refractivity contribution is 5.94. The number of benzene rings is 2. The Morgan fingerprint density at radius 3 is 1.58 bits per heavy atom. The Kier molecular flexibility index (Phi) is 16.4. The third kappa shape index (κ3) is 15.1. The molecule has 272 valence electrons. The van der Waals surface area contributed by atoms with Gasteiger partial charge in [0.1, 0.15) is 0 Å². The molecule has 4 rings (SSSR count). The lowest BCUT2D eigenvalue weighted by atomic mass is 9.86. The first kappa shape index (κ1) is 43.8. The lowest BCUT2D eigenvalue weighted by Gasteiger charge is -2.20. The number of rotatable bonds is 4. The fourth-order valence-corrected chi connectivity index (χ4v) is 4.56. The highest BCUT2D eigenvalue weighted by Gasteiger charge is 2.19. The predicted molar refractivity (Wildman–Crippen MR) is 205 cm³/mol. The van der Waals surface area contributed by atoms with Gasteiger partial charge >= 0.3 is 5.97 Å². The quantitative estimate of drug-likeness (QED) is 0.183. The Hall–Kier alpha value is -4.20. The molecule has 2 aromatic heterocycles. The van der Waals surface area contributed by atoms with Crippen LogP contribution in [0.4, 0.5) is 0 Å². The third-order valence-electron chi connectivity index (χ3n) is 7.66. The molecule has 2 heterocycles. The van der Waals surface area contributed by atoms with Crippen LogP contribution < -0.4 is 0 Å². The van der Waals surface area contributed by atoms with Crippen molar-refractivity contribution in [3.63, 3.8) is 0 Å². The smallest absolute Gasteiger partial charge is 0.335 e. The maximum Gasteiger partial charge on any atom is 0.335 e. The van der Waals surface area contributed by atoms with Gasteiger partial charge < -0.3 is 15.3 Å². The van der Waals surface area contributed by atoms with Crippen LogP contribution in [-0.2, 0) is 34.9 Å². The van der Waals surface area contributed by atoms with Crippen molar-refractivity contribution in [3.05, 3.63) is 130 Å². The van der Waals surface area contributed by atoms with Crippen molar-refractivity contribution >= 4 is 11.8 Å². The van der Waals surface area contributed by atoms with Crippen LogP contribution in [0.1, 0.15) is 144 Å². The molecule has 0 aliphatic heterocycles. The third-order valence-corrected chi connectivity index (χ3v) is 7.66. The number of pyridine rings is 2. The summed E-state index contributed by atoms with van der Waals surface area (Å²) in [5.41, 5.74) is 7.45.